The summed E-state index contributed by atoms with van der Waals surface area (Å²) in [5.74, 6) is 2.09. The number of carbonyl (C=O) groups is 1. The largest absolute Gasteiger partial charge is 0.377 e. The fraction of sp³-hybridized carbons (Fsp3) is 0.455. The zero-order valence-electron chi connectivity index (χ0n) is 17.4. The highest BCUT2D eigenvalue weighted by Crippen LogP contribution is 2.38. The first-order chi connectivity index (χ1) is 15.0. The summed E-state index contributed by atoms with van der Waals surface area (Å²) in [7, 11) is 0. The lowest BCUT2D eigenvalue weighted by Crippen LogP contribution is -2.41. The first kappa shape index (κ1) is 19.7. The van der Waals surface area contributed by atoms with E-state index in [4.69, 9.17) is 9.82 Å². The number of carbonyl (C=O) groups excluding carboxylic acids is 1. The van der Waals surface area contributed by atoms with E-state index in [9.17, 15) is 14.9 Å². The molecule has 0 bridgehead atoms. The summed E-state index contributed by atoms with van der Waals surface area (Å²) in [5, 5.41) is 14.4. The highest BCUT2D eigenvalue weighted by Gasteiger charge is 2.37. The van der Waals surface area contributed by atoms with Crippen molar-refractivity contribution in [1.29, 1.82) is 0 Å². The Labute approximate surface area is 180 Å². The van der Waals surface area contributed by atoms with Crippen molar-refractivity contribution >= 4 is 17.4 Å². The zero-order chi connectivity index (χ0) is 21.5. The Morgan fingerprint density at radius 3 is 2.52 bits per heavy atom. The Hall–Kier alpha value is -3.20. The molecule has 0 radical (unpaired) electrons. The molecule has 2 aromatic rings. The van der Waals surface area contributed by atoms with Crippen LogP contribution in [0.5, 0.6) is 5.75 Å². The third-order valence-electron chi connectivity index (χ3n) is 6.61. The molecule has 3 heterocycles. The molecule has 1 saturated carbocycles. The van der Waals surface area contributed by atoms with Gasteiger partial charge in [0, 0.05) is 25.2 Å². The Balaban J connectivity index is 1.28. The van der Waals surface area contributed by atoms with Crippen molar-refractivity contribution in [3.05, 3.63) is 57.8 Å². The number of hydrogen-bond acceptors (Lipinski definition) is 7. The van der Waals surface area contributed by atoms with E-state index in [0.717, 1.165) is 42.0 Å². The second-order valence-corrected chi connectivity index (χ2v) is 8.65. The molecule has 3 aliphatic rings. The van der Waals surface area contributed by atoms with Gasteiger partial charge in [-0.15, -0.1) is 0 Å². The first-order valence-corrected chi connectivity index (χ1v) is 10.7. The van der Waals surface area contributed by atoms with E-state index < -0.39 is 10.8 Å². The minimum Gasteiger partial charge on any atom is -0.377 e. The maximum Gasteiger partial charge on any atom is 0.269 e. The predicted octanol–water partition coefficient (Wildman–Crippen LogP) is 3.49. The Bertz CT molecular complexity index is 999. The molecular formula is C22H25N5O4. The van der Waals surface area contributed by atoms with Crippen molar-refractivity contribution in [2.75, 3.05) is 18.5 Å². The molecule has 1 N–H and O–H groups in total. The monoisotopic (exact) mass is 423 g/mol. The van der Waals surface area contributed by atoms with Gasteiger partial charge in [0.05, 0.1) is 23.1 Å². The maximum atomic E-state index is 12.9. The number of rotatable bonds is 5. The number of pyridine rings is 1. The molecule has 1 saturated heterocycles. The molecule has 162 valence electrons. The Morgan fingerprint density at radius 1 is 1.13 bits per heavy atom. The van der Waals surface area contributed by atoms with Crippen LogP contribution in [0.2, 0.25) is 0 Å². The van der Waals surface area contributed by atoms with Crippen molar-refractivity contribution in [2.45, 2.75) is 38.6 Å². The molecule has 1 aliphatic carbocycles. The number of nitro benzene ring substituents is 1. The summed E-state index contributed by atoms with van der Waals surface area (Å²) < 4.78 is 0. The molecule has 5 rings (SSSR count). The fourth-order valence-electron chi connectivity index (χ4n) is 4.96. The molecule has 1 aromatic carbocycles. The number of nitrogens with zero attached hydrogens (tertiary/aromatic N) is 4. The topological polar surface area (TPSA) is 101 Å². The van der Waals surface area contributed by atoms with Gasteiger partial charge < -0.3 is 10.3 Å². The van der Waals surface area contributed by atoms with Gasteiger partial charge in [-0.2, -0.15) is 5.06 Å². The van der Waals surface area contributed by atoms with Gasteiger partial charge in [-0.25, -0.2) is 9.99 Å². The van der Waals surface area contributed by atoms with E-state index in [2.05, 4.69) is 10.4 Å². The van der Waals surface area contributed by atoms with Crippen molar-refractivity contribution in [2.24, 2.45) is 11.8 Å². The number of hydroxylamine groups is 2. The van der Waals surface area contributed by atoms with Gasteiger partial charge in [-0.3, -0.25) is 14.9 Å². The number of hydrogen-bond donors (Lipinski definition) is 1. The number of amides is 1. The quantitative estimate of drug-likeness (QED) is 0.580. The van der Waals surface area contributed by atoms with Crippen LogP contribution < -0.4 is 10.3 Å². The number of aromatic nitrogens is 1. The zero-order valence-corrected chi connectivity index (χ0v) is 17.4. The molecular weight excluding hydrogens is 398 g/mol. The van der Waals surface area contributed by atoms with Gasteiger partial charge in [-0.05, 0) is 55.4 Å². The Kier molecular flexibility index (Phi) is 4.97. The number of nitrogens with one attached hydrogen (secondary N) is 1. The molecule has 1 amide bonds. The normalized spacial score (nSPS) is 25.3. The van der Waals surface area contributed by atoms with Crippen LogP contribution in [0.4, 0.5) is 11.5 Å². The minimum absolute atomic E-state index is 0.0260. The average Bonchev–Trinajstić information content (AvgIpc) is 3.34. The number of fused-ring (bicyclic) bond motifs is 2. The summed E-state index contributed by atoms with van der Waals surface area (Å²) in [6, 6.07) is 9.61. The molecule has 9 nitrogen and oxygen atoms in total. The lowest BCUT2D eigenvalue weighted by molar-refractivity contribution is -0.384. The molecule has 9 heteroatoms. The van der Waals surface area contributed by atoms with Crippen LogP contribution in [0.15, 0.2) is 36.4 Å². The van der Waals surface area contributed by atoms with Crippen molar-refractivity contribution in [1.82, 2.24) is 15.1 Å². The van der Waals surface area contributed by atoms with E-state index >= 15 is 0 Å². The van der Waals surface area contributed by atoms with Gasteiger partial charge in [-0.1, -0.05) is 12.5 Å². The number of hydrazine groups is 1. The van der Waals surface area contributed by atoms with Gasteiger partial charge in [0.2, 0.25) is 0 Å². The molecule has 2 fully saturated rings. The van der Waals surface area contributed by atoms with E-state index in [-0.39, 0.29) is 18.1 Å². The van der Waals surface area contributed by atoms with E-state index in [1.54, 1.807) is 0 Å². The second-order valence-electron chi connectivity index (χ2n) is 8.65. The number of benzene rings is 1. The maximum absolute atomic E-state index is 12.9. The smallest absolute Gasteiger partial charge is 0.269 e. The SMILES string of the molecule is CC1C(=O)N(Oc2ccc([N+](=O)[O-])cc2)Cc2ccc(NN3CC4CCCC4C3)nc21. The fourth-order valence-corrected chi connectivity index (χ4v) is 4.96. The predicted molar refractivity (Wildman–Crippen MR) is 113 cm³/mol. The summed E-state index contributed by atoms with van der Waals surface area (Å²) in [4.78, 5) is 33.7. The van der Waals surface area contributed by atoms with Gasteiger partial charge in [0.25, 0.3) is 11.6 Å². The standard InChI is InChI=1S/C22H25N5O4/c1-14-21-17(5-10-20(23-21)24-25-11-15-3-2-4-16(15)12-25)13-26(22(14)28)31-19-8-6-18(7-9-19)27(29)30/h5-10,14-16H,2-4,11-13H2,1H3,(H,23,24). The highest BCUT2D eigenvalue weighted by atomic mass is 16.7. The van der Waals surface area contributed by atoms with Gasteiger partial charge in [0.15, 0.2) is 5.75 Å². The van der Waals surface area contributed by atoms with Crippen LogP contribution in [-0.4, -0.2) is 39.0 Å². The van der Waals surface area contributed by atoms with E-state index in [1.165, 1.54) is 48.6 Å². The lowest BCUT2D eigenvalue weighted by Gasteiger charge is -2.31. The molecule has 0 spiro atoms. The van der Waals surface area contributed by atoms with Gasteiger partial charge in [0.1, 0.15) is 5.82 Å². The van der Waals surface area contributed by atoms with Crippen molar-refractivity contribution in [3.8, 4) is 5.75 Å². The molecule has 2 aliphatic heterocycles. The molecule has 3 unspecified atom stereocenters. The molecule has 1 aromatic heterocycles. The molecule has 3 atom stereocenters. The van der Waals surface area contributed by atoms with E-state index in [1.807, 2.05) is 19.1 Å². The number of non-ortho nitro benzene ring substituents is 1. The van der Waals surface area contributed by atoms with Crippen LogP contribution in [0.1, 0.15) is 43.4 Å². The first-order valence-electron chi connectivity index (χ1n) is 10.7. The summed E-state index contributed by atoms with van der Waals surface area (Å²) in [5.41, 5.74) is 5.10. The lowest BCUT2D eigenvalue weighted by atomic mass is 9.97. The van der Waals surface area contributed by atoms with Crippen LogP contribution in [-0.2, 0) is 11.3 Å². The van der Waals surface area contributed by atoms with Crippen LogP contribution >= 0.6 is 0 Å². The average molecular weight is 423 g/mol. The second kappa shape index (κ2) is 7.81. The number of anilines is 1. The van der Waals surface area contributed by atoms with Crippen LogP contribution in [0.25, 0.3) is 0 Å². The van der Waals surface area contributed by atoms with Crippen molar-refractivity contribution < 1.29 is 14.6 Å². The van der Waals surface area contributed by atoms with Crippen LogP contribution in [0, 0.1) is 22.0 Å². The third kappa shape index (κ3) is 3.81. The van der Waals surface area contributed by atoms with E-state index in [0.29, 0.717) is 5.75 Å². The minimum atomic E-state index is -0.472. The van der Waals surface area contributed by atoms with Crippen molar-refractivity contribution in [3.63, 3.8) is 0 Å². The van der Waals surface area contributed by atoms with Gasteiger partial charge >= 0.3 is 0 Å². The summed E-state index contributed by atoms with van der Waals surface area (Å²) in [6.07, 6.45) is 3.98. The summed E-state index contributed by atoms with van der Waals surface area (Å²) in [6.45, 7) is 4.20. The highest BCUT2D eigenvalue weighted by molar-refractivity contribution is 5.84. The summed E-state index contributed by atoms with van der Waals surface area (Å²) >= 11 is 0. The number of nitro groups is 1. The molecule has 31 heavy (non-hydrogen) atoms. The third-order valence-corrected chi connectivity index (χ3v) is 6.61. The Morgan fingerprint density at radius 2 is 1.84 bits per heavy atom. The van der Waals surface area contributed by atoms with Crippen LogP contribution in [0.3, 0.4) is 0 Å².